The van der Waals surface area contributed by atoms with E-state index in [2.05, 4.69) is 10.6 Å². The van der Waals surface area contributed by atoms with E-state index in [-0.39, 0.29) is 12.0 Å². The Balaban J connectivity index is 1.82. The molecular formula is C12H15ClN2O2. The number of amides is 1. The van der Waals surface area contributed by atoms with Crippen molar-refractivity contribution in [3.63, 3.8) is 0 Å². The van der Waals surface area contributed by atoms with Gasteiger partial charge in [-0.05, 0) is 24.3 Å². The number of halogens is 1. The van der Waals surface area contributed by atoms with Gasteiger partial charge in [0.15, 0.2) is 0 Å². The first-order chi connectivity index (χ1) is 8.24. The average molecular weight is 255 g/mol. The van der Waals surface area contributed by atoms with Gasteiger partial charge in [-0.15, -0.1) is 0 Å². The molecule has 92 valence electrons. The zero-order valence-corrected chi connectivity index (χ0v) is 10.2. The summed E-state index contributed by atoms with van der Waals surface area (Å²) in [5.74, 6) is -0.0407. The summed E-state index contributed by atoms with van der Waals surface area (Å²) in [4.78, 5) is 11.7. The van der Waals surface area contributed by atoms with Gasteiger partial charge >= 0.3 is 0 Å². The maximum Gasteiger partial charge on any atom is 0.227 e. The minimum Gasteiger partial charge on any atom is -0.375 e. The summed E-state index contributed by atoms with van der Waals surface area (Å²) >= 11 is 5.76. The predicted molar refractivity (Wildman–Crippen MR) is 67.3 cm³/mol. The molecule has 1 aromatic carbocycles. The molecule has 0 aromatic heterocycles. The molecule has 1 unspecified atom stereocenters. The standard InChI is InChI=1S/C12H15ClN2O2/c13-9-1-3-10(4-2-9)15-12(16)7-11-8-14-5-6-17-11/h1-4,11,14H,5-8H2,(H,15,16). The summed E-state index contributed by atoms with van der Waals surface area (Å²) < 4.78 is 5.46. The fourth-order valence-corrected chi connectivity index (χ4v) is 1.83. The smallest absolute Gasteiger partial charge is 0.227 e. The third-order valence-corrected chi connectivity index (χ3v) is 2.80. The maximum absolute atomic E-state index is 11.7. The molecular weight excluding hydrogens is 240 g/mol. The van der Waals surface area contributed by atoms with E-state index in [1.54, 1.807) is 24.3 Å². The summed E-state index contributed by atoms with van der Waals surface area (Å²) in [5.41, 5.74) is 0.753. The minimum absolute atomic E-state index is 0.0314. The highest BCUT2D eigenvalue weighted by molar-refractivity contribution is 6.30. The minimum atomic E-state index is -0.0407. The molecule has 1 atom stereocenters. The molecule has 1 amide bonds. The Morgan fingerprint density at radius 2 is 2.24 bits per heavy atom. The highest BCUT2D eigenvalue weighted by Crippen LogP contribution is 2.14. The van der Waals surface area contributed by atoms with Crippen LogP contribution in [0.4, 0.5) is 5.69 Å². The lowest BCUT2D eigenvalue weighted by molar-refractivity contribution is -0.119. The van der Waals surface area contributed by atoms with Crippen LogP contribution in [-0.4, -0.2) is 31.7 Å². The van der Waals surface area contributed by atoms with Crippen molar-refractivity contribution in [1.29, 1.82) is 0 Å². The van der Waals surface area contributed by atoms with E-state index in [4.69, 9.17) is 16.3 Å². The van der Waals surface area contributed by atoms with Crippen molar-refractivity contribution >= 4 is 23.2 Å². The van der Waals surface area contributed by atoms with Crippen molar-refractivity contribution in [2.45, 2.75) is 12.5 Å². The topological polar surface area (TPSA) is 50.4 Å². The molecule has 1 saturated heterocycles. The fraction of sp³-hybridized carbons (Fsp3) is 0.417. The van der Waals surface area contributed by atoms with Crippen LogP contribution in [-0.2, 0) is 9.53 Å². The van der Waals surface area contributed by atoms with Crippen LogP contribution in [0.2, 0.25) is 5.02 Å². The van der Waals surface area contributed by atoms with Crippen molar-refractivity contribution in [2.24, 2.45) is 0 Å². The second-order valence-electron chi connectivity index (χ2n) is 3.96. The summed E-state index contributed by atoms with van der Waals surface area (Å²) in [5, 5.41) is 6.66. The van der Waals surface area contributed by atoms with Crippen LogP contribution in [0, 0.1) is 0 Å². The summed E-state index contributed by atoms with van der Waals surface area (Å²) in [6.45, 7) is 2.25. The van der Waals surface area contributed by atoms with E-state index >= 15 is 0 Å². The molecule has 1 fully saturated rings. The van der Waals surface area contributed by atoms with Crippen LogP contribution >= 0.6 is 11.6 Å². The summed E-state index contributed by atoms with van der Waals surface area (Å²) in [6, 6.07) is 7.05. The number of ether oxygens (including phenoxy) is 1. The van der Waals surface area contributed by atoms with E-state index in [1.807, 2.05) is 0 Å². The number of carbonyl (C=O) groups is 1. The fourth-order valence-electron chi connectivity index (χ4n) is 1.70. The summed E-state index contributed by atoms with van der Waals surface area (Å²) in [7, 11) is 0. The van der Waals surface area contributed by atoms with E-state index < -0.39 is 0 Å². The molecule has 17 heavy (non-hydrogen) atoms. The molecule has 1 aromatic rings. The second-order valence-corrected chi connectivity index (χ2v) is 4.39. The highest BCUT2D eigenvalue weighted by Gasteiger charge is 2.17. The van der Waals surface area contributed by atoms with Gasteiger partial charge < -0.3 is 15.4 Å². The van der Waals surface area contributed by atoms with Crippen molar-refractivity contribution in [1.82, 2.24) is 5.32 Å². The lowest BCUT2D eigenvalue weighted by atomic mass is 10.2. The number of anilines is 1. The SMILES string of the molecule is O=C(CC1CNCCO1)Nc1ccc(Cl)cc1. The van der Waals surface area contributed by atoms with Crippen molar-refractivity contribution in [2.75, 3.05) is 25.0 Å². The van der Waals surface area contributed by atoms with E-state index in [1.165, 1.54) is 0 Å². The van der Waals surface area contributed by atoms with Crippen molar-refractivity contribution < 1.29 is 9.53 Å². The Kier molecular flexibility index (Phi) is 4.36. The van der Waals surface area contributed by atoms with Crippen LogP contribution in [0.5, 0.6) is 0 Å². The molecule has 5 heteroatoms. The first kappa shape index (κ1) is 12.4. The Bertz CT molecular complexity index is 375. The number of rotatable bonds is 3. The van der Waals surface area contributed by atoms with Crippen molar-refractivity contribution in [3.05, 3.63) is 29.3 Å². The number of hydrogen-bond donors (Lipinski definition) is 2. The van der Waals surface area contributed by atoms with Gasteiger partial charge in [0.05, 0.1) is 19.1 Å². The molecule has 0 radical (unpaired) electrons. The van der Waals surface area contributed by atoms with Gasteiger partial charge in [0, 0.05) is 23.8 Å². The molecule has 0 saturated carbocycles. The Morgan fingerprint density at radius 3 is 2.88 bits per heavy atom. The number of carbonyl (C=O) groups excluding carboxylic acids is 1. The molecule has 1 aliphatic rings. The number of morpholine rings is 1. The van der Waals surface area contributed by atoms with E-state index in [9.17, 15) is 4.79 Å². The molecule has 1 aliphatic heterocycles. The van der Waals surface area contributed by atoms with Gasteiger partial charge in [0.2, 0.25) is 5.91 Å². The van der Waals surface area contributed by atoms with Crippen LogP contribution in [0.1, 0.15) is 6.42 Å². The third-order valence-electron chi connectivity index (χ3n) is 2.55. The number of nitrogens with one attached hydrogen (secondary N) is 2. The molecule has 0 spiro atoms. The van der Waals surface area contributed by atoms with Crippen LogP contribution in [0.25, 0.3) is 0 Å². The van der Waals surface area contributed by atoms with E-state index in [0.29, 0.717) is 18.1 Å². The quantitative estimate of drug-likeness (QED) is 0.863. The van der Waals surface area contributed by atoms with E-state index in [0.717, 1.165) is 18.8 Å². The molecule has 4 nitrogen and oxygen atoms in total. The normalized spacial score (nSPS) is 19.9. The zero-order valence-electron chi connectivity index (χ0n) is 9.41. The lowest BCUT2D eigenvalue weighted by Crippen LogP contribution is -2.40. The van der Waals surface area contributed by atoms with Gasteiger partial charge in [0.1, 0.15) is 0 Å². The molecule has 2 rings (SSSR count). The zero-order chi connectivity index (χ0) is 12.1. The largest absolute Gasteiger partial charge is 0.375 e. The molecule has 1 heterocycles. The Labute approximate surface area is 105 Å². The molecule has 0 bridgehead atoms. The van der Waals surface area contributed by atoms with Crippen LogP contribution in [0.15, 0.2) is 24.3 Å². The number of hydrogen-bond acceptors (Lipinski definition) is 3. The maximum atomic E-state index is 11.7. The first-order valence-corrected chi connectivity index (χ1v) is 5.99. The Hall–Kier alpha value is -1.10. The highest BCUT2D eigenvalue weighted by atomic mass is 35.5. The van der Waals surface area contributed by atoms with Crippen LogP contribution < -0.4 is 10.6 Å². The van der Waals surface area contributed by atoms with Gasteiger partial charge in [-0.3, -0.25) is 4.79 Å². The van der Waals surface area contributed by atoms with Crippen LogP contribution in [0.3, 0.4) is 0 Å². The summed E-state index contributed by atoms with van der Waals surface area (Å²) in [6.07, 6.45) is 0.339. The Morgan fingerprint density at radius 1 is 1.47 bits per heavy atom. The monoisotopic (exact) mass is 254 g/mol. The first-order valence-electron chi connectivity index (χ1n) is 5.62. The van der Waals surface area contributed by atoms with Gasteiger partial charge in [0.25, 0.3) is 0 Å². The van der Waals surface area contributed by atoms with Crippen molar-refractivity contribution in [3.8, 4) is 0 Å². The van der Waals surface area contributed by atoms with Gasteiger partial charge in [-0.25, -0.2) is 0 Å². The lowest BCUT2D eigenvalue weighted by Gasteiger charge is -2.23. The average Bonchev–Trinajstić information content (AvgIpc) is 2.33. The number of benzene rings is 1. The molecule has 2 N–H and O–H groups in total. The predicted octanol–water partition coefficient (Wildman–Crippen LogP) is 1.66. The molecule has 0 aliphatic carbocycles. The van der Waals surface area contributed by atoms with Gasteiger partial charge in [-0.2, -0.15) is 0 Å². The second kappa shape index (κ2) is 6.00. The van der Waals surface area contributed by atoms with Gasteiger partial charge in [-0.1, -0.05) is 11.6 Å². The third kappa shape index (κ3) is 4.00.